The minimum absolute atomic E-state index is 0. The van der Waals surface area contributed by atoms with Crippen molar-refractivity contribution in [2.75, 3.05) is 0 Å². The Balaban J connectivity index is 0. The zero-order chi connectivity index (χ0) is 5.54. The van der Waals surface area contributed by atoms with Crippen LogP contribution in [0.25, 0.3) is 0 Å². The quantitative estimate of drug-likeness (QED) is 0.246. The van der Waals surface area contributed by atoms with Crippen LogP contribution >= 0.6 is 12.3 Å². The Hall–Kier alpha value is 0.566. The van der Waals surface area contributed by atoms with Gasteiger partial charge in [-0.1, -0.05) is 0 Å². The first-order valence-electron chi connectivity index (χ1n) is 1.19. The van der Waals surface area contributed by atoms with Crippen LogP contribution in [0.3, 0.4) is 0 Å². The number of hydrogen-bond donors (Lipinski definition) is 0. The number of nitrogens with zero attached hydrogens (tertiary/aromatic N) is 2. The molecule has 0 aromatic carbocycles. The van der Waals surface area contributed by atoms with Crippen molar-refractivity contribution >= 4 is 63.7 Å². The van der Waals surface area contributed by atoms with E-state index >= 15 is 0 Å². The fourth-order valence-corrected chi connectivity index (χ4v) is 0.142. The maximum Gasteiger partial charge on any atom is 0.316 e. The van der Waals surface area contributed by atoms with Crippen molar-refractivity contribution < 1.29 is 8.37 Å². The van der Waals surface area contributed by atoms with E-state index in [0.717, 1.165) is 0 Å². The summed E-state index contributed by atoms with van der Waals surface area (Å²) in [6.45, 7) is 0. The van der Waals surface area contributed by atoms with Gasteiger partial charge in [0, 0.05) is 51.4 Å². The largest absolute Gasteiger partial charge is 0.316 e. The average Bonchev–Trinajstić information content (AvgIpc) is 1.69. The molecule has 0 rings (SSSR count). The predicted octanol–water partition coefficient (Wildman–Crippen LogP) is 0.164. The molecule has 0 saturated carbocycles. The van der Waals surface area contributed by atoms with E-state index in [0.29, 0.717) is 12.3 Å². The number of hydrogen-bond acceptors (Lipinski definition) is 5. The summed E-state index contributed by atoms with van der Waals surface area (Å²) in [4.78, 5) is 0. The average molecular weight is 155 g/mol. The first kappa shape index (κ1) is 11.4. The van der Waals surface area contributed by atoms with Crippen molar-refractivity contribution in [2.45, 2.75) is 0 Å². The normalized spacial score (nSPS) is 4.75. The van der Waals surface area contributed by atoms with Crippen LogP contribution in [0.1, 0.15) is 0 Å². The summed E-state index contributed by atoms with van der Waals surface area (Å²) in [5, 5.41) is 15.2. The molecule has 0 bridgehead atoms. The molecule has 6 heteroatoms. The maximum atomic E-state index is 7.61. The molecule has 8 heavy (non-hydrogen) atoms. The predicted molar refractivity (Wildman–Crippen MR) is 26.7 cm³/mol. The van der Waals surface area contributed by atoms with Crippen LogP contribution in [0.4, 0.5) is 0 Å². The second-order valence-corrected chi connectivity index (χ2v) is 0.887. The molecule has 0 amide bonds. The van der Waals surface area contributed by atoms with Gasteiger partial charge in [0.1, 0.15) is 0 Å². The molecule has 0 unspecified atom stereocenters. The topological polar surface area (TPSA) is 66.0 Å². The SMILES string of the molecule is N#COSOC#N.[K]. The van der Waals surface area contributed by atoms with E-state index in [9.17, 15) is 0 Å². The van der Waals surface area contributed by atoms with Crippen molar-refractivity contribution in [1.29, 1.82) is 10.5 Å². The van der Waals surface area contributed by atoms with Gasteiger partial charge in [0.15, 0.2) is 0 Å². The molecule has 0 heterocycles. The van der Waals surface area contributed by atoms with E-state index in [4.69, 9.17) is 10.5 Å². The van der Waals surface area contributed by atoms with E-state index in [2.05, 4.69) is 8.37 Å². The Labute approximate surface area is 93.6 Å². The van der Waals surface area contributed by atoms with Crippen LogP contribution in [-0.2, 0) is 8.37 Å². The Morgan fingerprint density at radius 2 is 1.50 bits per heavy atom. The molecule has 0 aromatic rings. The van der Waals surface area contributed by atoms with Crippen LogP contribution < -0.4 is 0 Å². The van der Waals surface area contributed by atoms with Crippen LogP contribution in [0, 0.1) is 23.0 Å². The first-order chi connectivity index (χ1) is 3.41. The van der Waals surface area contributed by atoms with Crippen LogP contribution in [0.15, 0.2) is 0 Å². The molecule has 0 saturated heterocycles. The second-order valence-electron chi connectivity index (χ2n) is 0.417. The molecule has 0 aliphatic rings. The first-order valence-corrected chi connectivity index (χ1v) is 1.86. The smallest absolute Gasteiger partial charge is 0.311 e. The summed E-state index contributed by atoms with van der Waals surface area (Å²) in [7, 11) is 0. The third-order valence-corrected chi connectivity index (χ3v) is 0.428. The fraction of sp³-hybridized carbons (Fsp3) is 0. The van der Waals surface area contributed by atoms with E-state index in [1.54, 1.807) is 0 Å². The van der Waals surface area contributed by atoms with E-state index in [1.807, 2.05) is 0 Å². The molecular formula is C2KN2O2S. The molecule has 1 radical (unpaired) electrons. The van der Waals surface area contributed by atoms with Gasteiger partial charge in [-0.25, -0.2) is 0 Å². The standard InChI is InChI=1S/C2N2O2S.K/c3-1-5-7-6-2-4;. The fourth-order valence-electron chi connectivity index (χ4n) is 0.0474. The van der Waals surface area contributed by atoms with Crippen LogP contribution in [0.5, 0.6) is 0 Å². The summed E-state index contributed by atoms with van der Waals surface area (Å²) in [6.07, 6.45) is 2.58. The Morgan fingerprint density at radius 3 is 1.75 bits per heavy atom. The van der Waals surface area contributed by atoms with Crippen LogP contribution in [-0.4, -0.2) is 51.4 Å². The Bertz CT molecular complexity index is 102. The van der Waals surface area contributed by atoms with Gasteiger partial charge in [-0.15, -0.1) is 10.5 Å². The van der Waals surface area contributed by atoms with Gasteiger partial charge < -0.3 is 8.37 Å². The molecule has 0 atom stereocenters. The van der Waals surface area contributed by atoms with E-state index < -0.39 is 0 Å². The summed E-state index contributed by atoms with van der Waals surface area (Å²) in [5.41, 5.74) is 0. The van der Waals surface area contributed by atoms with Gasteiger partial charge in [-0.2, -0.15) is 0 Å². The van der Waals surface area contributed by atoms with Crippen molar-refractivity contribution in [2.24, 2.45) is 0 Å². The van der Waals surface area contributed by atoms with E-state index in [-0.39, 0.29) is 51.4 Å². The molecule has 0 aromatic heterocycles. The van der Waals surface area contributed by atoms with Gasteiger partial charge in [0.05, 0.1) is 0 Å². The third kappa shape index (κ3) is 9.76. The number of nitriles is 2. The van der Waals surface area contributed by atoms with Crippen molar-refractivity contribution in [3.63, 3.8) is 0 Å². The third-order valence-electron chi connectivity index (χ3n) is 0.143. The Kier molecular flexibility index (Phi) is 15.0. The summed E-state index contributed by atoms with van der Waals surface area (Å²) < 4.78 is 7.70. The zero-order valence-corrected chi connectivity index (χ0v) is 8.06. The molecule has 0 aliphatic carbocycles. The molecule has 0 spiro atoms. The Morgan fingerprint density at radius 1 is 1.12 bits per heavy atom. The molecule has 37 valence electrons. The van der Waals surface area contributed by atoms with Crippen molar-refractivity contribution in [1.82, 2.24) is 0 Å². The van der Waals surface area contributed by atoms with Crippen molar-refractivity contribution in [3.05, 3.63) is 0 Å². The molecule has 0 fully saturated rings. The summed E-state index contributed by atoms with van der Waals surface area (Å²) in [6, 6.07) is 0. The minimum atomic E-state index is 0. The van der Waals surface area contributed by atoms with Gasteiger partial charge in [-0.3, -0.25) is 0 Å². The van der Waals surface area contributed by atoms with Gasteiger partial charge in [0.2, 0.25) is 0 Å². The molecular weight excluding hydrogens is 155 g/mol. The molecule has 0 N–H and O–H groups in total. The van der Waals surface area contributed by atoms with Gasteiger partial charge in [0.25, 0.3) is 0 Å². The van der Waals surface area contributed by atoms with E-state index in [1.165, 1.54) is 12.5 Å². The zero-order valence-electron chi connectivity index (χ0n) is 4.12. The summed E-state index contributed by atoms with van der Waals surface area (Å²) >= 11 is 0.331. The van der Waals surface area contributed by atoms with Crippen LogP contribution in [0.2, 0.25) is 0 Å². The monoisotopic (exact) mass is 155 g/mol. The van der Waals surface area contributed by atoms with Gasteiger partial charge in [-0.05, 0) is 0 Å². The maximum absolute atomic E-state index is 7.61. The van der Waals surface area contributed by atoms with Gasteiger partial charge >= 0.3 is 24.8 Å². The molecule has 4 nitrogen and oxygen atoms in total. The van der Waals surface area contributed by atoms with Crippen molar-refractivity contribution in [3.8, 4) is 12.5 Å². The summed E-state index contributed by atoms with van der Waals surface area (Å²) in [5.74, 6) is 0. The minimum Gasteiger partial charge on any atom is -0.311 e. The molecule has 0 aliphatic heterocycles. The number of rotatable bonds is 2. The second kappa shape index (κ2) is 10.5.